The Bertz CT molecular complexity index is 1450. The molecular weight excluding hydrogens is 462 g/mol. The first-order chi connectivity index (χ1) is 18.0. The molecule has 186 valence electrons. The molecule has 0 spiro atoms. The Balaban J connectivity index is 1.52. The van der Waals surface area contributed by atoms with E-state index < -0.39 is 17.9 Å². The highest BCUT2D eigenvalue weighted by molar-refractivity contribution is 5.90. The topological polar surface area (TPSA) is 86.3 Å². The number of aliphatic carboxylic acids is 1. The number of likely N-dealkylation sites (N-methyl/N-ethyl adjacent to an activating group) is 1. The molecule has 0 aliphatic rings. The summed E-state index contributed by atoms with van der Waals surface area (Å²) >= 11 is 0. The Morgan fingerprint density at radius 2 is 1.35 bits per heavy atom. The van der Waals surface area contributed by atoms with Crippen LogP contribution in [0.4, 0.5) is 0 Å². The van der Waals surface area contributed by atoms with Gasteiger partial charge in [0.05, 0.1) is 12.0 Å². The molecule has 0 bridgehead atoms. The SMILES string of the molecule is CN(C(=O)C(Cc1cccc2ccccc12)Cc1cccc2ccccc12)[C@@H](Cc1c[nH]cn1)C(=O)O. The van der Waals surface area contributed by atoms with Crippen LogP contribution in [0, 0.1) is 5.92 Å². The smallest absolute Gasteiger partial charge is 0.326 e. The van der Waals surface area contributed by atoms with Gasteiger partial charge in [0.2, 0.25) is 5.91 Å². The van der Waals surface area contributed by atoms with E-state index in [1.165, 1.54) is 11.2 Å². The van der Waals surface area contributed by atoms with Crippen LogP contribution in [0.2, 0.25) is 0 Å². The molecule has 1 aromatic heterocycles. The molecule has 1 atom stereocenters. The van der Waals surface area contributed by atoms with Crippen LogP contribution in [0.3, 0.4) is 0 Å². The van der Waals surface area contributed by atoms with Gasteiger partial charge in [0.15, 0.2) is 0 Å². The van der Waals surface area contributed by atoms with Gasteiger partial charge in [0.1, 0.15) is 6.04 Å². The van der Waals surface area contributed by atoms with E-state index >= 15 is 0 Å². The van der Waals surface area contributed by atoms with Crippen molar-refractivity contribution in [3.63, 3.8) is 0 Å². The van der Waals surface area contributed by atoms with Gasteiger partial charge in [-0.1, -0.05) is 84.9 Å². The molecule has 0 aliphatic heterocycles. The number of hydrogen-bond donors (Lipinski definition) is 2. The molecule has 0 saturated carbocycles. The minimum absolute atomic E-state index is 0.135. The van der Waals surface area contributed by atoms with Gasteiger partial charge in [0, 0.05) is 25.6 Å². The number of aromatic nitrogens is 2. The number of nitrogens with zero attached hydrogens (tertiary/aromatic N) is 2. The van der Waals surface area contributed by atoms with Crippen molar-refractivity contribution in [2.24, 2.45) is 5.92 Å². The minimum atomic E-state index is -1.05. The fraction of sp³-hybridized carbons (Fsp3) is 0.194. The van der Waals surface area contributed by atoms with E-state index in [4.69, 9.17) is 0 Å². The number of imidazole rings is 1. The number of carboxylic acid groups (broad SMARTS) is 1. The zero-order chi connectivity index (χ0) is 25.8. The largest absolute Gasteiger partial charge is 0.480 e. The van der Waals surface area contributed by atoms with Gasteiger partial charge in [-0.3, -0.25) is 4.79 Å². The van der Waals surface area contributed by atoms with Crippen LogP contribution in [-0.2, 0) is 28.9 Å². The number of H-pyrrole nitrogens is 1. The van der Waals surface area contributed by atoms with Crippen molar-refractivity contribution in [1.29, 1.82) is 0 Å². The maximum atomic E-state index is 14.0. The number of rotatable bonds is 9. The number of aromatic amines is 1. The highest BCUT2D eigenvalue weighted by Gasteiger charge is 2.32. The lowest BCUT2D eigenvalue weighted by atomic mass is 9.87. The third kappa shape index (κ3) is 5.23. The van der Waals surface area contributed by atoms with Crippen LogP contribution < -0.4 is 0 Å². The van der Waals surface area contributed by atoms with Crippen LogP contribution in [-0.4, -0.2) is 44.9 Å². The van der Waals surface area contributed by atoms with Gasteiger partial charge >= 0.3 is 5.97 Å². The van der Waals surface area contributed by atoms with E-state index in [1.807, 2.05) is 36.4 Å². The molecule has 0 fully saturated rings. The van der Waals surface area contributed by atoms with E-state index in [0.29, 0.717) is 18.5 Å². The molecule has 0 unspecified atom stereocenters. The van der Waals surface area contributed by atoms with Crippen molar-refractivity contribution in [1.82, 2.24) is 14.9 Å². The molecule has 0 radical (unpaired) electrons. The van der Waals surface area contributed by atoms with Gasteiger partial charge < -0.3 is 15.0 Å². The number of amides is 1. The van der Waals surface area contributed by atoms with E-state index in [9.17, 15) is 14.7 Å². The Morgan fingerprint density at radius 3 is 1.86 bits per heavy atom. The Hall–Kier alpha value is -4.45. The molecule has 6 heteroatoms. The average Bonchev–Trinajstić information content (AvgIpc) is 3.44. The lowest BCUT2D eigenvalue weighted by molar-refractivity contribution is -0.150. The number of carboxylic acids is 1. The van der Waals surface area contributed by atoms with Gasteiger partial charge in [-0.25, -0.2) is 9.78 Å². The number of carbonyl (C=O) groups excluding carboxylic acids is 1. The van der Waals surface area contributed by atoms with Crippen molar-refractivity contribution in [2.75, 3.05) is 7.05 Å². The average molecular weight is 492 g/mol. The fourth-order valence-corrected chi connectivity index (χ4v) is 5.15. The number of nitrogens with one attached hydrogen (secondary N) is 1. The standard InChI is InChI=1S/C31H29N3O3/c1-34(29(31(36)37)18-26-19-32-20-33-26)30(35)25(16-23-12-6-10-21-8-2-4-14-27(21)23)17-24-13-7-11-22-9-3-5-15-28(22)24/h2-15,19-20,25,29H,16-18H2,1H3,(H,32,33)(H,36,37)/t29-/m0/s1. The summed E-state index contributed by atoms with van der Waals surface area (Å²) in [5.74, 6) is -1.68. The summed E-state index contributed by atoms with van der Waals surface area (Å²) in [6.45, 7) is 0. The van der Waals surface area contributed by atoms with Crippen LogP contribution in [0.25, 0.3) is 21.5 Å². The predicted molar refractivity (Wildman–Crippen MR) is 145 cm³/mol. The van der Waals surface area contributed by atoms with E-state index in [2.05, 4.69) is 58.5 Å². The molecule has 2 N–H and O–H groups in total. The van der Waals surface area contributed by atoms with Crippen LogP contribution in [0.1, 0.15) is 16.8 Å². The predicted octanol–water partition coefficient (Wildman–Crippen LogP) is 5.27. The maximum absolute atomic E-state index is 14.0. The van der Waals surface area contributed by atoms with Crippen molar-refractivity contribution < 1.29 is 14.7 Å². The lowest BCUT2D eigenvalue weighted by Crippen LogP contribution is -2.47. The monoisotopic (exact) mass is 491 g/mol. The van der Waals surface area contributed by atoms with E-state index in [-0.39, 0.29) is 12.3 Å². The Labute approximate surface area is 215 Å². The molecule has 37 heavy (non-hydrogen) atoms. The van der Waals surface area contributed by atoms with Crippen LogP contribution in [0.5, 0.6) is 0 Å². The van der Waals surface area contributed by atoms with E-state index in [0.717, 1.165) is 32.7 Å². The molecule has 5 rings (SSSR count). The van der Waals surface area contributed by atoms with Crippen molar-refractivity contribution in [2.45, 2.75) is 25.3 Å². The first-order valence-electron chi connectivity index (χ1n) is 12.4. The summed E-state index contributed by atoms with van der Waals surface area (Å²) in [4.78, 5) is 34.7. The molecule has 0 aliphatic carbocycles. The quantitative estimate of drug-likeness (QED) is 0.294. The molecular formula is C31H29N3O3. The van der Waals surface area contributed by atoms with Crippen molar-refractivity contribution in [3.8, 4) is 0 Å². The van der Waals surface area contributed by atoms with Gasteiger partial charge in [-0.05, 0) is 45.5 Å². The zero-order valence-electron chi connectivity index (χ0n) is 20.7. The number of fused-ring (bicyclic) bond motifs is 2. The van der Waals surface area contributed by atoms with Crippen molar-refractivity contribution in [3.05, 3.63) is 114 Å². The third-order valence-corrected chi connectivity index (χ3v) is 7.10. The molecule has 4 aromatic carbocycles. The third-order valence-electron chi connectivity index (χ3n) is 7.10. The normalized spacial score (nSPS) is 12.2. The van der Waals surface area contributed by atoms with Gasteiger partial charge in [0.25, 0.3) is 0 Å². The number of benzene rings is 4. The number of carbonyl (C=O) groups is 2. The Morgan fingerprint density at radius 1 is 0.811 bits per heavy atom. The second-order valence-corrected chi connectivity index (χ2v) is 9.45. The first-order valence-corrected chi connectivity index (χ1v) is 12.4. The molecule has 1 amide bonds. The molecule has 6 nitrogen and oxygen atoms in total. The minimum Gasteiger partial charge on any atom is -0.480 e. The lowest BCUT2D eigenvalue weighted by Gasteiger charge is -2.29. The summed E-state index contributed by atoms with van der Waals surface area (Å²) in [6.07, 6.45) is 4.32. The fourth-order valence-electron chi connectivity index (χ4n) is 5.15. The second kappa shape index (κ2) is 10.7. The van der Waals surface area contributed by atoms with E-state index in [1.54, 1.807) is 13.2 Å². The Kier molecular flexibility index (Phi) is 6.99. The molecule has 0 saturated heterocycles. The summed E-state index contributed by atoms with van der Waals surface area (Å²) < 4.78 is 0. The van der Waals surface area contributed by atoms with Gasteiger partial charge in [-0.2, -0.15) is 0 Å². The summed E-state index contributed by atoms with van der Waals surface area (Å²) in [5, 5.41) is 14.5. The van der Waals surface area contributed by atoms with Crippen LogP contribution in [0.15, 0.2) is 97.5 Å². The maximum Gasteiger partial charge on any atom is 0.326 e. The summed E-state index contributed by atoms with van der Waals surface area (Å²) in [7, 11) is 1.59. The van der Waals surface area contributed by atoms with Crippen molar-refractivity contribution >= 4 is 33.4 Å². The first kappa shape index (κ1) is 24.3. The van der Waals surface area contributed by atoms with Gasteiger partial charge in [-0.15, -0.1) is 0 Å². The summed E-state index contributed by atoms with van der Waals surface area (Å²) in [5.41, 5.74) is 2.75. The molecule has 5 aromatic rings. The zero-order valence-corrected chi connectivity index (χ0v) is 20.7. The highest BCUT2D eigenvalue weighted by Crippen LogP contribution is 2.27. The highest BCUT2D eigenvalue weighted by atomic mass is 16.4. The summed E-state index contributed by atoms with van der Waals surface area (Å²) in [6, 6.07) is 27.6. The molecule has 1 heterocycles. The van der Waals surface area contributed by atoms with Crippen LogP contribution >= 0.6 is 0 Å². The second-order valence-electron chi connectivity index (χ2n) is 9.45. The number of hydrogen-bond acceptors (Lipinski definition) is 3.